The molecule has 0 unspecified atom stereocenters. The Morgan fingerprint density at radius 2 is 1.75 bits per heavy atom. The lowest BCUT2D eigenvalue weighted by atomic mass is 10.4. The second kappa shape index (κ2) is 8.35. The predicted octanol–water partition coefficient (Wildman–Crippen LogP) is 1.89. The molecule has 0 aliphatic carbocycles. The number of aromatic nitrogens is 2. The normalized spacial score (nSPS) is 10.2. The number of aryl methyl sites for hydroxylation is 1. The Labute approximate surface area is 121 Å². The predicted molar refractivity (Wildman–Crippen MR) is 82.0 cm³/mol. The third-order valence-corrected chi connectivity index (χ3v) is 2.93. The lowest BCUT2D eigenvalue weighted by Crippen LogP contribution is -2.35. The van der Waals surface area contributed by atoms with Gasteiger partial charge in [-0.2, -0.15) is 0 Å². The molecule has 1 rings (SSSR count). The fourth-order valence-corrected chi connectivity index (χ4v) is 1.86. The van der Waals surface area contributed by atoms with Crippen molar-refractivity contribution in [1.82, 2.24) is 14.9 Å². The van der Waals surface area contributed by atoms with Gasteiger partial charge in [-0.1, -0.05) is 6.92 Å². The van der Waals surface area contributed by atoms with Crippen LogP contribution in [0, 0.1) is 6.92 Å². The summed E-state index contributed by atoms with van der Waals surface area (Å²) in [6.07, 6.45) is 1.03. The number of anilines is 2. The highest BCUT2D eigenvalue weighted by Crippen LogP contribution is 2.11. The Morgan fingerprint density at radius 1 is 1.15 bits per heavy atom. The third-order valence-electron chi connectivity index (χ3n) is 2.93. The van der Waals surface area contributed by atoms with Crippen LogP contribution >= 0.6 is 0 Å². The average molecular weight is 279 g/mol. The maximum absolute atomic E-state index is 11.9. The summed E-state index contributed by atoms with van der Waals surface area (Å²) in [6, 6.07) is 1.83. The number of likely N-dealkylation sites (N-methyl/N-ethyl adjacent to an activating group) is 1. The van der Waals surface area contributed by atoms with Gasteiger partial charge in [-0.3, -0.25) is 4.79 Å². The first-order valence-corrected chi connectivity index (χ1v) is 7.21. The molecule has 0 atom stereocenters. The fourth-order valence-electron chi connectivity index (χ4n) is 1.86. The second-order valence-corrected chi connectivity index (χ2v) is 4.53. The van der Waals surface area contributed by atoms with Crippen LogP contribution in [-0.2, 0) is 4.79 Å². The zero-order valence-corrected chi connectivity index (χ0v) is 12.9. The number of hydrogen-bond acceptors (Lipinski definition) is 5. The topological polar surface area (TPSA) is 70.2 Å². The molecule has 0 fully saturated rings. The number of nitrogens with zero attached hydrogens (tertiary/aromatic N) is 3. The van der Waals surface area contributed by atoms with Gasteiger partial charge in [-0.25, -0.2) is 9.97 Å². The highest BCUT2D eigenvalue weighted by Gasteiger charge is 2.09. The van der Waals surface area contributed by atoms with E-state index in [9.17, 15) is 4.79 Å². The quantitative estimate of drug-likeness (QED) is 0.760. The Hall–Kier alpha value is -1.85. The van der Waals surface area contributed by atoms with E-state index >= 15 is 0 Å². The molecule has 0 aliphatic rings. The molecule has 1 heterocycles. The van der Waals surface area contributed by atoms with Gasteiger partial charge >= 0.3 is 0 Å². The number of amides is 1. The number of nitrogens with one attached hydrogen (secondary N) is 2. The molecule has 112 valence electrons. The molecular formula is C14H25N5O. The van der Waals surface area contributed by atoms with Crippen molar-refractivity contribution in [2.24, 2.45) is 0 Å². The Morgan fingerprint density at radius 3 is 2.30 bits per heavy atom. The monoisotopic (exact) mass is 279 g/mol. The first kappa shape index (κ1) is 16.2. The summed E-state index contributed by atoms with van der Waals surface area (Å²) in [5.41, 5.74) is 0. The van der Waals surface area contributed by atoms with Crippen LogP contribution < -0.4 is 10.6 Å². The molecule has 0 bridgehead atoms. The standard InChI is InChI=1S/C14H25N5O/c1-5-8-15-12-9-13(18-11(4)17-12)16-10-14(20)19(6-2)7-3/h9H,5-8,10H2,1-4H3,(H2,15,16,17,18). The lowest BCUT2D eigenvalue weighted by molar-refractivity contribution is -0.128. The largest absolute Gasteiger partial charge is 0.370 e. The molecule has 0 radical (unpaired) electrons. The van der Waals surface area contributed by atoms with E-state index in [-0.39, 0.29) is 12.5 Å². The van der Waals surface area contributed by atoms with Crippen LogP contribution in [0.15, 0.2) is 6.07 Å². The molecule has 6 heteroatoms. The van der Waals surface area contributed by atoms with Crippen LogP contribution in [-0.4, -0.2) is 47.0 Å². The van der Waals surface area contributed by atoms with Gasteiger partial charge < -0.3 is 15.5 Å². The molecule has 1 aromatic rings. The minimum Gasteiger partial charge on any atom is -0.370 e. The van der Waals surface area contributed by atoms with Gasteiger partial charge in [0, 0.05) is 25.7 Å². The summed E-state index contributed by atoms with van der Waals surface area (Å²) in [7, 11) is 0. The van der Waals surface area contributed by atoms with Crippen molar-refractivity contribution in [2.45, 2.75) is 34.1 Å². The van der Waals surface area contributed by atoms with Crippen LogP contribution in [0.25, 0.3) is 0 Å². The second-order valence-electron chi connectivity index (χ2n) is 4.53. The average Bonchev–Trinajstić information content (AvgIpc) is 2.43. The summed E-state index contributed by atoms with van der Waals surface area (Å²) < 4.78 is 0. The lowest BCUT2D eigenvalue weighted by Gasteiger charge is -2.19. The van der Waals surface area contributed by atoms with Crippen molar-refractivity contribution in [2.75, 3.05) is 36.8 Å². The molecule has 0 aromatic carbocycles. The molecule has 0 saturated heterocycles. The van der Waals surface area contributed by atoms with Gasteiger partial charge in [0.05, 0.1) is 6.54 Å². The van der Waals surface area contributed by atoms with E-state index in [0.29, 0.717) is 11.6 Å². The highest BCUT2D eigenvalue weighted by molar-refractivity contribution is 5.80. The van der Waals surface area contributed by atoms with Crippen LogP contribution in [0.2, 0.25) is 0 Å². The van der Waals surface area contributed by atoms with Gasteiger partial charge in [0.2, 0.25) is 5.91 Å². The Balaban J connectivity index is 2.63. The highest BCUT2D eigenvalue weighted by atomic mass is 16.2. The van der Waals surface area contributed by atoms with E-state index in [1.54, 1.807) is 4.90 Å². The third kappa shape index (κ3) is 5.03. The Bertz CT molecular complexity index is 432. The SMILES string of the molecule is CCCNc1cc(NCC(=O)N(CC)CC)nc(C)n1. The maximum Gasteiger partial charge on any atom is 0.241 e. The van der Waals surface area contributed by atoms with Crippen molar-refractivity contribution >= 4 is 17.5 Å². The molecule has 2 N–H and O–H groups in total. The summed E-state index contributed by atoms with van der Waals surface area (Å²) in [4.78, 5) is 22.3. The number of rotatable bonds is 8. The first-order valence-electron chi connectivity index (χ1n) is 7.21. The van der Waals surface area contributed by atoms with E-state index < -0.39 is 0 Å². The van der Waals surface area contributed by atoms with E-state index in [4.69, 9.17) is 0 Å². The van der Waals surface area contributed by atoms with Crippen molar-refractivity contribution in [1.29, 1.82) is 0 Å². The number of hydrogen-bond donors (Lipinski definition) is 2. The van der Waals surface area contributed by atoms with E-state index in [2.05, 4.69) is 27.5 Å². The zero-order valence-electron chi connectivity index (χ0n) is 12.9. The molecule has 6 nitrogen and oxygen atoms in total. The van der Waals surface area contributed by atoms with Crippen LogP contribution in [0.4, 0.5) is 11.6 Å². The molecule has 0 aliphatic heterocycles. The van der Waals surface area contributed by atoms with Crippen LogP contribution in [0.3, 0.4) is 0 Å². The Kier molecular flexibility index (Phi) is 6.76. The van der Waals surface area contributed by atoms with Crippen LogP contribution in [0.1, 0.15) is 33.0 Å². The van der Waals surface area contributed by atoms with Gasteiger partial charge in [0.25, 0.3) is 0 Å². The zero-order chi connectivity index (χ0) is 15.0. The van der Waals surface area contributed by atoms with Gasteiger partial charge in [-0.05, 0) is 27.2 Å². The minimum absolute atomic E-state index is 0.0781. The molecule has 1 amide bonds. The first-order chi connectivity index (χ1) is 9.60. The smallest absolute Gasteiger partial charge is 0.241 e. The van der Waals surface area contributed by atoms with E-state index in [0.717, 1.165) is 31.9 Å². The van der Waals surface area contributed by atoms with Crippen molar-refractivity contribution in [3.05, 3.63) is 11.9 Å². The number of carbonyl (C=O) groups excluding carboxylic acids is 1. The van der Waals surface area contributed by atoms with Crippen LogP contribution in [0.5, 0.6) is 0 Å². The minimum atomic E-state index is 0.0781. The maximum atomic E-state index is 11.9. The molecule has 20 heavy (non-hydrogen) atoms. The van der Waals surface area contributed by atoms with Crippen molar-refractivity contribution in [3.8, 4) is 0 Å². The molecular weight excluding hydrogens is 254 g/mol. The molecule has 1 aromatic heterocycles. The van der Waals surface area contributed by atoms with E-state index in [1.807, 2.05) is 26.8 Å². The van der Waals surface area contributed by atoms with E-state index in [1.165, 1.54) is 0 Å². The fraction of sp³-hybridized carbons (Fsp3) is 0.643. The van der Waals surface area contributed by atoms with Gasteiger partial charge in [0.1, 0.15) is 17.5 Å². The van der Waals surface area contributed by atoms with Gasteiger partial charge in [-0.15, -0.1) is 0 Å². The summed E-state index contributed by atoms with van der Waals surface area (Å²) in [6.45, 7) is 10.5. The van der Waals surface area contributed by atoms with Gasteiger partial charge in [0.15, 0.2) is 0 Å². The number of carbonyl (C=O) groups is 1. The molecule has 0 saturated carbocycles. The molecule has 0 spiro atoms. The summed E-state index contributed by atoms with van der Waals surface area (Å²) in [5, 5.41) is 6.29. The summed E-state index contributed by atoms with van der Waals surface area (Å²) >= 11 is 0. The summed E-state index contributed by atoms with van der Waals surface area (Å²) in [5.74, 6) is 2.23. The van der Waals surface area contributed by atoms with Crippen molar-refractivity contribution < 1.29 is 4.79 Å². The van der Waals surface area contributed by atoms with Crippen molar-refractivity contribution in [3.63, 3.8) is 0 Å².